The average molecular weight is 156 g/mol. The SMILES string of the molecule is CC(=O)C(C)(O)C#CCCO. The Hall–Kier alpha value is -0.850. The van der Waals surface area contributed by atoms with Crippen LogP contribution in [0.3, 0.4) is 0 Å². The van der Waals surface area contributed by atoms with Crippen molar-refractivity contribution < 1.29 is 15.0 Å². The minimum absolute atomic E-state index is 0.0546. The summed E-state index contributed by atoms with van der Waals surface area (Å²) in [7, 11) is 0. The number of carbonyl (C=O) groups is 1. The van der Waals surface area contributed by atoms with E-state index in [1.807, 2.05) is 0 Å². The number of Topliss-reactive ketones (excluding diaryl/α,β-unsaturated/α-hetero) is 1. The van der Waals surface area contributed by atoms with Crippen molar-refractivity contribution in [2.75, 3.05) is 6.61 Å². The summed E-state index contributed by atoms with van der Waals surface area (Å²) in [6.45, 7) is 2.55. The Bertz CT molecular complexity index is 195. The second kappa shape index (κ2) is 4.12. The topological polar surface area (TPSA) is 57.5 Å². The van der Waals surface area contributed by atoms with Gasteiger partial charge >= 0.3 is 0 Å². The molecule has 0 aromatic carbocycles. The van der Waals surface area contributed by atoms with E-state index in [1.165, 1.54) is 13.8 Å². The van der Waals surface area contributed by atoms with Crippen LogP contribution in [0.15, 0.2) is 0 Å². The van der Waals surface area contributed by atoms with Crippen LogP contribution in [0, 0.1) is 11.8 Å². The van der Waals surface area contributed by atoms with E-state index in [4.69, 9.17) is 5.11 Å². The highest BCUT2D eigenvalue weighted by Crippen LogP contribution is 2.01. The van der Waals surface area contributed by atoms with Crippen LogP contribution in [0.4, 0.5) is 0 Å². The maximum Gasteiger partial charge on any atom is 0.180 e. The number of hydrogen-bond donors (Lipinski definition) is 2. The molecule has 1 atom stereocenters. The van der Waals surface area contributed by atoms with Gasteiger partial charge in [0.15, 0.2) is 11.4 Å². The molecule has 3 heteroatoms. The average Bonchev–Trinajstić information content (AvgIpc) is 1.88. The zero-order valence-corrected chi connectivity index (χ0v) is 6.72. The highest BCUT2D eigenvalue weighted by atomic mass is 16.3. The van der Waals surface area contributed by atoms with Crippen LogP contribution < -0.4 is 0 Å². The number of carbonyl (C=O) groups excluding carboxylic acids is 1. The lowest BCUT2D eigenvalue weighted by Crippen LogP contribution is -2.30. The van der Waals surface area contributed by atoms with Crippen molar-refractivity contribution >= 4 is 5.78 Å². The number of hydrogen-bond acceptors (Lipinski definition) is 3. The van der Waals surface area contributed by atoms with Gasteiger partial charge in [0.05, 0.1) is 6.61 Å². The maximum absolute atomic E-state index is 10.6. The summed E-state index contributed by atoms with van der Waals surface area (Å²) in [5.41, 5.74) is -1.56. The van der Waals surface area contributed by atoms with Gasteiger partial charge in [0.1, 0.15) is 0 Å². The van der Waals surface area contributed by atoms with Gasteiger partial charge in [0, 0.05) is 6.42 Å². The molecule has 11 heavy (non-hydrogen) atoms. The van der Waals surface area contributed by atoms with Crippen molar-refractivity contribution in [3.63, 3.8) is 0 Å². The molecule has 3 nitrogen and oxygen atoms in total. The third-order valence-corrected chi connectivity index (χ3v) is 1.25. The lowest BCUT2D eigenvalue weighted by atomic mass is 10.0. The predicted molar refractivity (Wildman–Crippen MR) is 40.8 cm³/mol. The van der Waals surface area contributed by atoms with Crippen LogP contribution in [0.1, 0.15) is 20.3 Å². The summed E-state index contributed by atoms with van der Waals surface area (Å²) in [5, 5.41) is 17.5. The second-order valence-corrected chi connectivity index (χ2v) is 2.40. The largest absolute Gasteiger partial charge is 0.395 e. The maximum atomic E-state index is 10.6. The second-order valence-electron chi connectivity index (χ2n) is 2.40. The third-order valence-electron chi connectivity index (χ3n) is 1.25. The quantitative estimate of drug-likeness (QED) is 0.540. The number of rotatable bonds is 2. The first-order valence-electron chi connectivity index (χ1n) is 3.35. The normalized spacial score (nSPS) is 14.5. The fraction of sp³-hybridized carbons (Fsp3) is 0.625. The molecule has 0 spiro atoms. The van der Waals surface area contributed by atoms with Gasteiger partial charge < -0.3 is 10.2 Å². The Morgan fingerprint density at radius 2 is 2.18 bits per heavy atom. The fourth-order valence-corrected chi connectivity index (χ4v) is 0.379. The Kier molecular flexibility index (Phi) is 3.80. The molecule has 0 saturated carbocycles. The lowest BCUT2D eigenvalue weighted by Gasteiger charge is -2.10. The van der Waals surface area contributed by atoms with E-state index < -0.39 is 5.60 Å². The summed E-state index contributed by atoms with van der Waals surface area (Å²) in [5.74, 6) is 4.46. The molecule has 0 radical (unpaired) electrons. The first-order chi connectivity index (χ1) is 5.00. The molecular weight excluding hydrogens is 144 g/mol. The van der Waals surface area contributed by atoms with Gasteiger partial charge in [-0.15, -0.1) is 0 Å². The van der Waals surface area contributed by atoms with Crippen LogP contribution in [0.5, 0.6) is 0 Å². The molecule has 0 amide bonds. The summed E-state index contributed by atoms with van der Waals surface area (Å²) >= 11 is 0. The molecule has 1 unspecified atom stereocenters. The molecule has 0 aliphatic rings. The fourth-order valence-electron chi connectivity index (χ4n) is 0.379. The summed E-state index contributed by atoms with van der Waals surface area (Å²) in [6, 6.07) is 0. The summed E-state index contributed by atoms with van der Waals surface area (Å²) in [4.78, 5) is 10.6. The first-order valence-corrected chi connectivity index (χ1v) is 3.35. The molecule has 0 rings (SSSR count). The van der Waals surface area contributed by atoms with Gasteiger partial charge in [-0.2, -0.15) is 0 Å². The molecule has 0 fully saturated rings. The van der Waals surface area contributed by atoms with E-state index in [2.05, 4.69) is 11.8 Å². The molecule has 0 bridgehead atoms. The Morgan fingerprint density at radius 3 is 2.55 bits per heavy atom. The van der Waals surface area contributed by atoms with Crippen LogP contribution in [-0.2, 0) is 4.79 Å². The highest BCUT2D eigenvalue weighted by Gasteiger charge is 2.22. The van der Waals surface area contributed by atoms with Gasteiger partial charge in [-0.1, -0.05) is 11.8 Å². The molecular formula is C8H12O3. The molecule has 0 aromatic rings. The molecule has 0 saturated heterocycles. The van der Waals surface area contributed by atoms with Crippen LogP contribution in [-0.4, -0.2) is 28.2 Å². The Morgan fingerprint density at radius 1 is 1.64 bits per heavy atom. The molecule has 62 valence electrons. The van der Waals surface area contributed by atoms with Gasteiger partial charge in [-0.3, -0.25) is 4.79 Å². The van der Waals surface area contributed by atoms with E-state index in [0.717, 1.165) is 0 Å². The van der Waals surface area contributed by atoms with E-state index in [1.54, 1.807) is 0 Å². The highest BCUT2D eigenvalue weighted by molar-refractivity contribution is 5.87. The number of aliphatic hydroxyl groups excluding tert-OH is 1. The standard InChI is InChI=1S/C8H12O3/c1-7(10)8(2,11)5-3-4-6-9/h9,11H,4,6H2,1-2H3. The zero-order valence-electron chi connectivity index (χ0n) is 6.72. The predicted octanol–water partition coefficient (Wildman–Crippen LogP) is -0.288. The minimum atomic E-state index is -1.56. The van der Waals surface area contributed by atoms with E-state index in [0.29, 0.717) is 0 Å². The van der Waals surface area contributed by atoms with Crippen molar-refractivity contribution in [1.29, 1.82) is 0 Å². The van der Waals surface area contributed by atoms with E-state index >= 15 is 0 Å². The number of ketones is 1. The van der Waals surface area contributed by atoms with Crippen LogP contribution in [0.2, 0.25) is 0 Å². The van der Waals surface area contributed by atoms with Crippen molar-refractivity contribution in [3.05, 3.63) is 0 Å². The van der Waals surface area contributed by atoms with Crippen molar-refractivity contribution in [3.8, 4) is 11.8 Å². The van der Waals surface area contributed by atoms with E-state index in [-0.39, 0.29) is 18.8 Å². The lowest BCUT2D eigenvalue weighted by molar-refractivity contribution is -0.128. The molecule has 0 aliphatic carbocycles. The molecule has 2 N–H and O–H groups in total. The monoisotopic (exact) mass is 156 g/mol. The van der Waals surface area contributed by atoms with Crippen molar-refractivity contribution in [2.45, 2.75) is 25.9 Å². The third kappa shape index (κ3) is 3.76. The minimum Gasteiger partial charge on any atom is -0.395 e. The molecule has 0 aliphatic heterocycles. The molecule has 0 heterocycles. The van der Waals surface area contributed by atoms with Crippen molar-refractivity contribution in [1.82, 2.24) is 0 Å². The van der Waals surface area contributed by atoms with Crippen LogP contribution >= 0.6 is 0 Å². The molecule has 0 aromatic heterocycles. The Balaban J connectivity index is 4.14. The van der Waals surface area contributed by atoms with Gasteiger partial charge in [-0.25, -0.2) is 0 Å². The van der Waals surface area contributed by atoms with Crippen LogP contribution in [0.25, 0.3) is 0 Å². The van der Waals surface area contributed by atoms with Gasteiger partial charge in [-0.05, 0) is 13.8 Å². The summed E-state index contributed by atoms with van der Waals surface area (Å²) in [6.07, 6.45) is 0.281. The Labute approximate surface area is 66.0 Å². The van der Waals surface area contributed by atoms with Gasteiger partial charge in [0.25, 0.3) is 0 Å². The first kappa shape index (κ1) is 10.2. The number of aliphatic hydroxyl groups is 2. The smallest absolute Gasteiger partial charge is 0.180 e. The van der Waals surface area contributed by atoms with E-state index in [9.17, 15) is 9.90 Å². The van der Waals surface area contributed by atoms with Crippen molar-refractivity contribution in [2.24, 2.45) is 0 Å². The zero-order chi connectivity index (χ0) is 8.91. The summed E-state index contributed by atoms with van der Waals surface area (Å²) < 4.78 is 0. The van der Waals surface area contributed by atoms with Gasteiger partial charge in [0.2, 0.25) is 0 Å².